The van der Waals surface area contributed by atoms with Crippen molar-refractivity contribution in [3.8, 4) is 0 Å². The number of nitrogens with zero attached hydrogens (tertiary/aromatic N) is 2. The minimum atomic E-state index is -3.60. The SMILES string of the molecule is C[C@@H]1CN(S(=O)(=O)c2ccc(Br)cc2Cl)CCN1C[C@@H](C)O. The summed E-state index contributed by atoms with van der Waals surface area (Å²) in [7, 11) is -3.60. The highest BCUT2D eigenvalue weighted by Gasteiger charge is 2.33. The minimum absolute atomic E-state index is 0.0485. The second-order valence-corrected chi connectivity index (χ2v) is 8.86. The van der Waals surface area contributed by atoms with Crippen molar-refractivity contribution in [3.05, 3.63) is 27.7 Å². The van der Waals surface area contributed by atoms with E-state index in [2.05, 4.69) is 20.8 Å². The van der Waals surface area contributed by atoms with Gasteiger partial charge in [-0.15, -0.1) is 0 Å². The van der Waals surface area contributed by atoms with Gasteiger partial charge in [-0.05, 0) is 32.0 Å². The Balaban J connectivity index is 2.18. The van der Waals surface area contributed by atoms with Crippen molar-refractivity contribution in [1.29, 1.82) is 0 Å². The zero-order chi connectivity index (χ0) is 16.5. The van der Waals surface area contributed by atoms with Crippen LogP contribution in [0.3, 0.4) is 0 Å². The Bertz CT molecular complexity index is 639. The number of benzene rings is 1. The maximum Gasteiger partial charge on any atom is 0.244 e. The molecule has 1 heterocycles. The van der Waals surface area contributed by atoms with E-state index in [1.165, 1.54) is 10.4 Å². The molecular weight excluding hydrogens is 392 g/mol. The van der Waals surface area contributed by atoms with E-state index in [1.54, 1.807) is 19.1 Å². The van der Waals surface area contributed by atoms with E-state index in [0.29, 0.717) is 26.2 Å². The quantitative estimate of drug-likeness (QED) is 0.825. The summed E-state index contributed by atoms with van der Waals surface area (Å²) in [5, 5.41) is 9.71. The molecule has 0 amide bonds. The largest absolute Gasteiger partial charge is 0.392 e. The highest BCUT2D eigenvalue weighted by molar-refractivity contribution is 9.10. The molecule has 1 saturated heterocycles. The van der Waals surface area contributed by atoms with Crippen molar-refractivity contribution in [2.24, 2.45) is 0 Å². The number of hydrogen-bond acceptors (Lipinski definition) is 4. The number of rotatable bonds is 4. The fourth-order valence-corrected chi connectivity index (χ4v) is 5.14. The van der Waals surface area contributed by atoms with E-state index in [9.17, 15) is 13.5 Å². The summed E-state index contributed by atoms with van der Waals surface area (Å²) in [6, 6.07) is 4.83. The molecule has 2 atom stereocenters. The molecule has 1 fully saturated rings. The molecule has 1 aromatic carbocycles. The van der Waals surface area contributed by atoms with Gasteiger partial charge in [-0.3, -0.25) is 4.90 Å². The van der Waals surface area contributed by atoms with Gasteiger partial charge in [0.2, 0.25) is 10.0 Å². The summed E-state index contributed by atoms with van der Waals surface area (Å²) >= 11 is 9.36. The minimum Gasteiger partial charge on any atom is -0.392 e. The van der Waals surface area contributed by atoms with Gasteiger partial charge in [0.1, 0.15) is 4.90 Å². The molecule has 0 spiro atoms. The number of β-amino-alcohol motifs (C(OH)–C–C–N with tert-alkyl or cyclic N) is 1. The first-order valence-electron chi connectivity index (χ1n) is 7.09. The Morgan fingerprint density at radius 1 is 1.45 bits per heavy atom. The number of piperazine rings is 1. The second-order valence-electron chi connectivity index (χ2n) is 5.63. The fraction of sp³-hybridized carbons (Fsp3) is 0.571. The van der Waals surface area contributed by atoms with Crippen LogP contribution in [0.4, 0.5) is 0 Å². The zero-order valence-electron chi connectivity index (χ0n) is 12.5. The van der Waals surface area contributed by atoms with E-state index in [0.717, 1.165) is 4.47 Å². The monoisotopic (exact) mass is 410 g/mol. The third-order valence-corrected chi connectivity index (χ3v) is 6.58. The Kier molecular flexibility index (Phi) is 5.90. The fourth-order valence-electron chi connectivity index (χ4n) is 2.61. The van der Waals surface area contributed by atoms with Gasteiger partial charge in [0, 0.05) is 36.7 Å². The maximum atomic E-state index is 12.8. The molecule has 2 rings (SSSR count). The van der Waals surface area contributed by atoms with E-state index in [1.807, 2.05) is 6.92 Å². The zero-order valence-corrected chi connectivity index (χ0v) is 15.7. The van der Waals surface area contributed by atoms with Gasteiger partial charge >= 0.3 is 0 Å². The molecule has 0 radical (unpaired) electrons. The van der Waals surface area contributed by atoms with Crippen LogP contribution >= 0.6 is 27.5 Å². The molecule has 0 bridgehead atoms. The predicted octanol–water partition coefficient (Wildman–Crippen LogP) is 2.18. The van der Waals surface area contributed by atoms with Gasteiger partial charge in [-0.25, -0.2) is 8.42 Å². The van der Waals surface area contributed by atoms with Crippen LogP contribution in [0.25, 0.3) is 0 Å². The normalized spacial score (nSPS) is 22.7. The predicted molar refractivity (Wildman–Crippen MR) is 90.6 cm³/mol. The molecule has 1 aliphatic heterocycles. The number of sulfonamides is 1. The van der Waals surface area contributed by atoms with E-state index in [-0.39, 0.29) is 16.0 Å². The molecular formula is C14H20BrClN2O3S. The lowest BCUT2D eigenvalue weighted by molar-refractivity contribution is 0.0699. The van der Waals surface area contributed by atoms with Crippen LogP contribution in [0.1, 0.15) is 13.8 Å². The number of aliphatic hydroxyl groups excluding tert-OH is 1. The standard InChI is InChI=1S/C14H20BrClN2O3S/c1-10-8-18(6-5-17(10)9-11(2)19)22(20,21)14-4-3-12(15)7-13(14)16/h3-4,7,10-11,19H,5-6,8-9H2,1-2H3/t10-,11-/m1/s1. The second kappa shape index (κ2) is 7.15. The van der Waals surface area contributed by atoms with E-state index >= 15 is 0 Å². The summed E-state index contributed by atoms with van der Waals surface area (Å²) in [5.41, 5.74) is 0. The molecule has 1 aliphatic rings. The van der Waals surface area contributed by atoms with Crippen molar-refractivity contribution in [1.82, 2.24) is 9.21 Å². The first kappa shape index (κ1) is 18.2. The van der Waals surface area contributed by atoms with Gasteiger partial charge in [0.15, 0.2) is 0 Å². The molecule has 0 aromatic heterocycles. The summed E-state index contributed by atoms with van der Waals surface area (Å²) < 4.78 is 27.7. The summed E-state index contributed by atoms with van der Waals surface area (Å²) in [6.45, 7) is 5.63. The number of halogens is 2. The van der Waals surface area contributed by atoms with Crippen molar-refractivity contribution in [2.45, 2.75) is 30.9 Å². The first-order chi connectivity index (χ1) is 10.2. The molecule has 0 aliphatic carbocycles. The highest BCUT2D eigenvalue weighted by Crippen LogP contribution is 2.29. The third kappa shape index (κ3) is 4.01. The number of hydrogen-bond donors (Lipinski definition) is 1. The van der Waals surface area contributed by atoms with E-state index < -0.39 is 16.1 Å². The van der Waals surface area contributed by atoms with Gasteiger partial charge in [0.25, 0.3) is 0 Å². The Hall–Kier alpha value is -0.180. The van der Waals surface area contributed by atoms with Crippen LogP contribution in [0.2, 0.25) is 5.02 Å². The summed E-state index contributed by atoms with van der Waals surface area (Å²) in [4.78, 5) is 2.23. The lowest BCUT2D eigenvalue weighted by atomic mass is 10.2. The van der Waals surface area contributed by atoms with E-state index in [4.69, 9.17) is 11.6 Å². The van der Waals surface area contributed by atoms with Gasteiger partial charge < -0.3 is 5.11 Å². The van der Waals surface area contributed by atoms with Crippen LogP contribution in [0.15, 0.2) is 27.6 Å². The highest BCUT2D eigenvalue weighted by atomic mass is 79.9. The summed E-state index contributed by atoms with van der Waals surface area (Å²) in [5.74, 6) is 0. The lowest BCUT2D eigenvalue weighted by Crippen LogP contribution is -2.54. The Morgan fingerprint density at radius 2 is 2.14 bits per heavy atom. The Labute approximate surface area is 145 Å². The molecule has 5 nitrogen and oxygen atoms in total. The molecule has 8 heteroatoms. The summed E-state index contributed by atoms with van der Waals surface area (Å²) in [6.07, 6.45) is -0.425. The van der Waals surface area contributed by atoms with Gasteiger partial charge in [-0.1, -0.05) is 27.5 Å². The van der Waals surface area contributed by atoms with Crippen LogP contribution < -0.4 is 0 Å². The van der Waals surface area contributed by atoms with Gasteiger partial charge in [0.05, 0.1) is 11.1 Å². The van der Waals surface area contributed by atoms with Crippen LogP contribution in [-0.4, -0.2) is 61.1 Å². The Morgan fingerprint density at radius 3 is 2.68 bits per heavy atom. The van der Waals surface area contributed by atoms with Crippen LogP contribution in [0, 0.1) is 0 Å². The van der Waals surface area contributed by atoms with Crippen molar-refractivity contribution in [3.63, 3.8) is 0 Å². The molecule has 22 heavy (non-hydrogen) atoms. The first-order valence-corrected chi connectivity index (χ1v) is 9.70. The third-order valence-electron chi connectivity index (χ3n) is 3.74. The van der Waals surface area contributed by atoms with Crippen molar-refractivity contribution < 1.29 is 13.5 Å². The van der Waals surface area contributed by atoms with Crippen LogP contribution in [-0.2, 0) is 10.0 Å². The maximum absolute atomic E-state index is 12.8. The molecule has 0 saturated carbocycles. The molecule has 1 N–H and O–H groups in total. The number of aliphatic hydroxyl groups is 1. The average Bonchev–Trinajstić information content (AvgIpc) is 2.40. The van der Waals surface area contributed by atoms with Crippen molar-refractivity contribution in [2.75, 3.05) is 26.2 Å². The molecule has 1 aromatic rings. The lowest BCUT2D eigenvalue weighted by Gasteiger charge is -2.39. The van der Waals surface area contributed by atoms with Crippen molar-refractivity contribution >= 4 is 37.6 Å². The smallest absolute Gasteiger partial charge is 0.244 e. The topological polar surface area (TPSA) is 60.9 Å². The molecule has 0 unspecified atom stereocenters. The molecule has 124 valence electrons. The van der Waals surface area contributed by atoms with Gasteiger partial charge in [-0.2, -0.15) is 4.31 Å². The van der Waals surface area contributed by atoms with Crippen LogP contribution in [0.5, 0.6) is 0 Å². The average molecular weight is 412 g/mol.